The molecule has 1 fully saturated rings. The number of carbonyl (C=O) groups excluding carboxylic acids is 1. The number of ether oxygens (including phenoxy) is 1. The molecule has 120 valence electrons. The fraction of sp³-hybridized carbons (Fsp3) is 0.588. The van der Waals surface area contributed by atoms with Crippen molar-refractivity contribution in [3.8, 4) is 5.75 Å². The van der Waals surface area contributed by atoms with E-state index in [2.05, 4.69) is 6.07 Å². The maximum absolute atomic E-state index is 12.6. The Kier molecular flexibility index (Phi) is 4.81. The van der Waals surface area contributed by atoms with E-state index in [1.165, 1.54) is 0 Å². The van der Waals surface area contributed by atoms with Crippen LogP contribution in [0.15, 0.2) is 24.3 Å². The zero-order chi connectivity index (χ0) is 15.5. The fourth-order valence-electron chi connectivity index (χ4n) is 3.35. The van der Waals surface area contributed by atoms with Crippen LogP contribution in [-0.4, -0.2) is 46.2 Å². The highest BCUT2D eigenvalue weighted by atomic mass is 32.2. The van der Waals surface area contributed by atoms with E-state index in [0.29, 0.717) is 13.0 Å². The van der Waals surface area contributed by atoms with E-state index < -0.39 is 10.8 Å². The van der Waals surface area contributed by atoms with Crippen molar-refractivity contribution in [3.63, 3.8) is 0 Å². The van der Waals surface area contributed by atoms with E-state index >= 15 is 0 Å². The minimum Gasteiger partial charge on any atom is -0.493 e. The summed E-state index contributed by atoms with van der Waals surface area (Å²) < 4.78 is 17.1. The molecule has 0 saturated carbocycles. The van der Waals surface area contributed by atoms with Gasteiger partial charge in [-0.3, -0.25) is 9.00 Å². The van der Waals surface area contributed by atoms with Gasteiger partial charge in [-0.15, -0.1) is 0 Å². The van der Waals surface area contributed by atoms with Crippen molar-refractivity contribution in [2.24, 2.45) is 0 Å². The van der Waals surface area contributed by atoms with Gasteiger partial charge in [0.1, 0.15) is 5.75 Å². The molecule has 2 heterocycles. The van der Waals surface area contributed by atoms with Crippen LogP contribution in [-0.2, 0) is 15.6 Å². The minimum atomic E-state index is -0.681. The van der Waals surface area contributed by atoms with Crippen molar-refractivity contribution in [1.82, 2.24) is 4.90 Å². The van der Waals surface area contributed by atoms with Gasteiger partial charge in [-0.1, -0.05) is 18.2 Å². The Morgan fingerprint density at radius 2 is 2.00 bits per heavy atom. The second-order valence-electron chi connectivity index (χ2n) is 6.16. The van der Waals surface area contributed by atoms with E-state index in [1.54, 1.807) is 0 Å². The van der Waals surface area contributed by atoms with Gasteiger partial charge in [0, 0.05) is 41.8 Å². The van der Waals surface area contributed by atoms with E-state index in [-0.39, 0.29) is 17.9 Å². The number of amides is 1. The number of nitrogens with zero attached hydrogens (tertiary/aromatic N) is 1. The summed E-state index contributed by atoms with van der Waals surface area (Å²) in [5.41, 5.74) is 1.15. The first-order valence-corrected chi connectivity index (χ1v) is 9.46. The summed E-state index contributed by atoms with van der Waals surface area (Å²) in [6.07, 6.45) is 3.15. The molecule has 0 radical (unpaired) electrons. The van der Waals surface area contributed by atoms with Crippen LogP contribution in [0.4, 0.5) is 0 Å². The van der Waals surface area contributed by atoms with Crippen LogP contribution >= 0.6 is 0 Å². The molecule has 3 rings (SSSR count). The molecule has 0 aromatic heterocycles. The van der Waals surface area contributed by atoms with E-state index in [1.807, 2.05) is 30.1 Å². The third kappa shape index (κ3) is 3.35. The molecule has 1 saturated heterocycles. The van der Waals surface area contributed by atoms with E-state index in [0.717, 1.165) is 42.1 Å². The highest BCUT2D eigenvalue weighted by Gasteiger charge is 2.28. The summed E-state index contributed by atoms with van der Waals surface area (Å²) in [4.78, 5) is 14.5. The highest BCUT2D eigenvalue weighted by molar-refractivity contribution is 7.85. The van der Waals surface area contributed by atoms with Crippen molar-refractivity contribution in [1.29, 1.82) is 0 Å². The van der Waals surface area contributed by atoms with Gasteiger partial charge in [0.2, 0.25) is 5.91 Å². The zero-order valence-corrected chi connectivity index (χ0v) is 13.8. The Bertz CT molecular complexity index is 565. The second-order valence-corrected chi connectivity index (χ2v) is 7.86. The number of rotatable bonds is 3. The molecule has 1 aromatic rings. The first-order valence-electron chi connectivity index (χ1n) is 7.97. The normalized spacial score (nSPS) is 27.6. The summed E-state index contributed by atoms with van der Waals surface area (Å²) in [6, 6.07) is 8.27. The van der Waals surface area contributed by atoms with Gasteiger partial charge in [-0.05, 0) is 36.8 Å². The SMILES string of the molecule is CN(C(=O)C[C@@H]1CCOc2ccccc21)C1CCS(=O)CC1. The first-order chi connectivity index (χ1) is 10.6. The van der Waals surface area contributed by atoms with Gasteiger partial charge in [-0.25, -0.2) is 0 Å². The van der Waals surface area contributed by atoms with Crippen molar-refractivity contribution in [2.45, 2.75) is 37.6 Å². The van der Waals surface area contributed by atoms with Gasteiger partial charge in [0.05, 0.1) is 6.61 Å². The number of benzene rings is 1. The quantitative estimate of drug-likeness (QED) is 0.858. The van der Waals surface area contributed by atoms with Crippen molar-refractivity contribution in [2.75, 3.05) is 25.2 Å². The van der Waals surface area contributed by atoms with Crippen molar-refractivity contribution in [3.05, 3.63) is 29.8 Å². The van der Waals surface area contributed by atoms with Gasteiger partial charge in [0.15, 0.2) is 0 Å². The van der Waals surface area contributed by atoms with Gasteiger partial charge < -0.3 is 9.64 Å². The minimum absolute atomic E-state index is 0.194. The van der Waals surface area contributed by atoms with Crippen LogP contribution in [0.25, 0.3) is 0 Å². The summed E-state index contributed by atoms with van der Waals surface area (Å²) in [5.74, 6) is 2.81. The topological polar surface area (TPSA) is 46.6 Å². The van der Waals surface area contributed by atoms with Crippen LogP contribution in [0.1, 0.15) is 37.2 Å². The monoisotopic (exact) mass is 321 g/mol. The van der Waals surface area contributed by atoms with Crippen LogP contribution in [0.2, 0.25) is 0 Å². The maximum Gasteiger partial charge on any atom is 0.223 e. The fourth-order valence-corrected chi connectivity index (χ4v) is 4.63. The Balaban J connectivity index is 1.63. The van der Waals surface area contributed by atoms with Crippen LogP contribution in [0, 0.1) is 0 Å². The standard InChI is InChI=1S/C17H23NO3S/c1-18(14-7-10-22(20)11-8-14)17(19)12-13-6-9-21-16-5-3-2-4-15(13)16/h2-5,13-14H,6-12H2,1H3/t13-,14?,22?/m0/s1. The lowest BCUT2D eigenvalue weighted by molar-refractivity contribution is -0.132. The highest BCUT2D eigenvalue weighted by Crippen LogP contribution is 2.36. The Morgan fingerprint density at radius 3 is 2.77 bits per heavy atom. The molecule has 2 aliphatic heterocycles. The predicted octanol–water partition coefficient (Wildman–Crippen LogP) is 2.31. The molecule has 1 atom stereocenters. The van der Waals surface area contributed by atoms with Gasteiger partial charge >= 0.3 is 0 Å². The largest absolute Gasteiger partial charge is 0.493 e. The first kappa shape index (κ1) is 15.5. The molecule has 5 heteroatoms. The molecule has 0 N–H and O–H groups in total. The maximum atomic E-state index is 12.6. The summed E-state index contributed by atoms with van der Waals surface area (Å²) in [7, 11) is 1.21. The predicted molar refractivity (Wildman–Crippen MR) is 87.6 cm³/mol. The lowest BCUT2D eigenvalue weighted by atomic mass is 9.89. The summed E-state index contributed by atoms with van der Waals surface area (Å²) >= 11 is 0. The van der Waals surface area contributed by atoms with Crippen molar-refractivity contribution >= 4 is 16.7 Å². The van der Waals surface area contributed by atoms with Crippen LogP contribution < -0.4 is 4.74 Å². The van der Waals surface area contributed by atoms with E-state index in [9.17, 15) is 9.00 Å². The second kappa shape index (κ2) is 6.82. The number of hydrogen-bond acceptors (Lipinski definition) is 3. The number of hydrogen-bond donors (Lipinski definition) is 0. The molecule has 2 aliphatic rings. The van der Waals surface area contributed by atoms with Gasteiger partial charge in [-0.2, -0.15) is 0 Å². The Labute approximate surface area is 134 Å². The Morgan fingerprint density at radius 1 is 1.27 bits per heavy atom. The molecule has 0 spiro atoms. The summed E-state index contributed by atoms with van der Waals surface area (Å²) in [5, 5.41) is 0. The third-order valence-electron chi connectivity index (χ3n) is 4.80. The average molecular weight is 321 g/mol. The van der Waals surface area contributed by atoms with E-state index in [4.69, 9.17) is 4.74 Å². The van der Waals surface area contributed by atoms with Crippen molar-refractivity contribution < 1.29 is 13.7 Å². The molecule has 1 amide bonds. The molecule has 0 aliphatic carbocycles. The van der Waals surface area contributed by atoms with Crippen LogP contribution in [0.3, 0.4) is 0 Å². The number of para-hydroxylation sites is 1. The molecular weight excluding hydrogens is 298 g/mol. The lowest BCUT2D eigenvalue weighted by Crippen LogP contribution is -2.41. The van der Waals surface area contributed by atoms with Gasteiger partial charge in [0.25, 0.3) is 0 Å². The molecule has 0 unspecified atom stereocenters. The average Bonchev–Trinajstić information content (AvgIpc) is 2.55. The smallest absolute Gasteiger partial charge is 0.223 e. The molecule has 4 nitrogen and oxygen atoms in total. The number of fused-ring (bicyclic) bond motifs is 1. The lowest BCUT2D eigenvalue weighted by Gasteiger charge is -2.33. The summed E-state index contributed by atoms with van der Waals surface area (Å²) in [6.45, 7) is 0.682. The third-order valence-corrected chi connectivity index (χ3v) is 6.18. The number of carbonyl (C=O) groups is 1. The Hall–Kier alpha value is -1.36. The van der Waals surface area contributed by atoms with Crippen LogP contribution in [0.5, 0.6) is 5.75 Å². The zero-order valence-electron chi connectivity index (χ0n) is 13.0. The molecule has 0 bridgehead atoms. The molecule has 22 heavy (non-hydrogen) atoms. The molecular formula is C17H23NO3S. The molecule has 1 aromatic carbocycles.